The second-order valence-corrected chi connectivity index (χ2v) is 4.34. The fraction of sp³-hybridized carbons (Fsp3) is 0.200. The summed E-state index contributed by atoms with van der Waals surface area (Å²) < 4.78 is 0. The smallest absolute Gasteiger partial charge is 0.123 e. The van der Waals surface area contributed by atoms with Gasteiger partial charge in [-0.1, -0.05) is 35.9 Å². The molecule has 0 amide bonds. The first-order valence-electron chi connectivity index (χ1n) is 5.45. The fourth-order valence-electron chi connectivity index (χ4n) is 1.99. The first-order chi connectivity index (χ1) is 7.58. The molecule has 1 N–H and O–H groups in total. The number of hydrogen-bond acceptors (Lipinski definition) is 1. The maximum absolute atomic E-state index is 9.94. The fourth-order valence-corrected chi connectivity index (χ4v) is 1.99. The molecule has 2 rings (SSSR count). The van der Waals surface area contributed by atoms with Gasteiger partial charge in [-0.15, -0.1) is 0 Å². The van der Waals surface area contributed by atoms with E-state index in [9.17, 15) is 5.11 Å². The Balaban J connectivity index is 2.59. The molecule has 0 saturated heterocycles. The van der Waals surface area contributed by atoms with Crippen molar-refractivity contribution in [3.8, 4) is 16.9 Å². The summed E-state index contributed by atoms with van der Waals surface area (Å²) in [5.41, 5.74) is 5.52. The number of phenols is 1. The van der Waals surface area contributed by atoms with Crippen LogP contribution in [-0.2, 0) is 0 Å². The van der Waals surface area contributed by atoms with Crippen LogP contribution >= 0.6 is 0 Å². The van der Waals surface area contributed by atoms with Gasteiger partial charge in [0, 0.05) is 5.56 Å². The molecule has 0 unspecified atom stereocenters. The molecule has 0 heterocycles. The van der Waals surface area contributed by atoms with Gasteiger partial charge in [0.2, 0.25) is 0 Å². The minimum Gasteiger partial charge on any atom is -0.507 e. The average molecular weight is 212 g/mol. The number of hydrogen-bond donors (Lipinski definition) is 1. The van der Waals surface area contributed by atoms with Crippen LogP contribution < -0.4 is 0 Å². The standard InChI is InChI=1S/C15H16O/c1-10-4-6-13(12(3)8-10)14-7-5-11(2)9-15(14)16/h4-9,16H,1-3H3. The van der Waals surface area contributed by atoms with Crippen LogP contribution in [0.3, 0.4) is 0 Å². The predicted molar refractivity (Wildman–Crippen MR) is 67.8 cm³/mol. The summed E-state index contributed by atoms with van der Waals surface area (Å²) in [6.07, 6.45) is 0. The summed E-state index contributed by atoms with van der Waals surface area (Å²) in [7, 11) is 0. The molecule has 0 aliphatic carbocycles. The van der Waals surface area contributed by atoms with Crippen LogP contribution in [-0.4, -0.2) is 5.11 Å². The van der Waals surface area contributed by atoms with Crippen molar-refractivity contribution in [2.45, 2.75) is 20.8 Å². The maximum atomic E-state index is 9.94. The molecular formula is C15H16O. The van der Waals surface area contributed by atoms with Crippen molar-refractivity contribution in [3.05, 3.63) is 53.1 Å². The van der Waals surface area contributed by atoms with E-state index in [2.05, 4.69) is 32.0 Å². The van der Waals surface area contributed by atoms with Crippen molar-refractivity contribution in [2.24, 2.45) is 0 Å². The summed E-state index contributed by atoms with van der Waals surface area (Å²) in [4.78, 5) is 0. The third-order valence-electron chi connectivity index (χ3n) is 2.83. The highest BCUT2D eigenvalue weighted by Crippen LogP contribution is 2.32. The molecule has 2 aromatic rings. The Morgan fingerprint density at radius 1 is 0.750 bits per heavy atom. The highest BCUT2D eigenvalue weighted by Gasteiger charge is 2.06. The number of phenolic OH excluding ortho intramolecular Hbond substituents is 1. The third-order valence-corrected chi connectivity index (χ3v) is 2.83. The molecule has 0 aliphatic heterocycles. The summed E-state index contributed by atoms with van der Waals surface area (Å²) in [5.74, 6) is 0.354. The van der Waals surface area contributed by atoms with Crippen molar-refractivity contribution in [2.75, 3.05) is 0 Å². The first kappa shape index (κ1) is 10.7. The molecule has 0 bridgehead atoms. The zero-order chi connectivity index (χ0) is 11.7. The van der Waals surface area contributed by atoms with Gasteiger partial charge in [0.05, 0.1) is 0 Å². The monoisotopic (exact) mass is 212 g/mol. The van der Waals surface area contributed by atoms with Crippen LogP contribution in [0.1, 0.15) is 16.7 Å². The number of aromatic hydroxyl groups is 1. The van der Waals surface area contributed by atoms with Crippen molar-refractivity contribution < 1.29 is 5.11 Å². The summed E-state index contributed by atoms with van der Waals surface area (Å²) in [6, 6.07) is 12.1. The quantitative estimate of drug-likeness (QED) is 0.758. The van der Waals surface area contributed by atoms with E-state index in [0.717, 1.165) is 16.7 Å². The van der Waals surface area contributed by atoms with E-state index in [0.29, 0.717) is 5.75 Å². The number of benzene rings is 2. The van der Waals surface area contributed by atoms with Gasteiger partial charge >= 0.3 is 0 Å². The molecular weight excluding hydrogens is 196 g/mol. The second-order valence-electron chi connectivity index (χ2n) is 4.34. The maximum Gasteiger partial charge on any atom is 0.123 e. The van der Waals surface area contributed by atoms with Gasteiger partial charge in [0.15, 0.2) is 0 Å². The summed E-state index contributed by atoms with van der Waals surface area (Å²) in [6.45, 7) is 6.12. The van der Waals surface area contributed by atoms with Gasteiger partial charge in [0.25, 0.3) is 0 Å². The lowest BCUT2D eigenvalue weighted by molar-refractivity contribution is 0.477. The van der Waals surface area contributed by atoms with Crippen LogP contribution in [0.2, 0.25) is 0 Å². The van der Waals surface area contributed by atoms with Gasteiger partial charge in [-0.3, -0.25) is 0 Å². The Morgan fingerprint density at radius 2 is 1.31 bits per heavy atom. The van der Waals surface area contributed by atoms with E-state index < -0.39 is 0 Å². The second kappa shape index (κ2) is 4.01. The van der Waals surface area contributed by atoms with Gasteiger partial charge in [-0.25, -0.2) is 0 Å². The lowest BCUT2D eigenvalue weighted by atomic mass is 9.97. The van der Waals surface area contributed by atoms with Gasteiger partial charge in [0.1, 0.15) is 5.75 Å². The Morgan fingerprint density at radius 3 is 1.88 bits per heavy atom. The molecule has 16 heavy (non-hydrogen) atoms. The lowest BCUT2D eigenvalue weighted by Crippen LogP contribution is -1.86. The van der Waals surface area contributed by atoms with E-state index in [4.69, 9.17) is 0 Å². The molecule has 0 atom stereocenters. The minimum atomic E-state index is 0.354. The molecule has 0 spiro atoms. The molecule has 1 nitrogen and oxygen atoms in total. The molecule has 0 fully saturated rings. The van der Waals surface area contributed by atoms with E-state index in [1.165, 1.54) is 11.1 Å². The number of rotatable bonds is 1. The Kier molecular flexibility index (Phi) is 2.69. The van der Waals surface area contributed by atoms with E-state index in [1.54, 1.807) is 6.07 Å². The van der Waals surface area contributed by atoms with Gasteiger partial charge < -0.3 is 5.11 Å². The Bertz CT molecular complexity index is 477. The first-order valence-corrected chi connectivity index (χ1v) is 5.45. The molecule has 0 saturated carbocycles. The Hall–Kier alpha value is -1.76. The molecule has 0 aromatic heterocycles. The van der Waals surface area contributed by atoms with Crippen LogP contribution in [0.5, 0.6) is 5.75 Å². The third kappa shape index (κ3) is 1.94. The highest BCUT2D eigenvalue weighted by molar-refractivity contribution is 5.73. The summed E-state index contributed by atoms with van der Waals surface area (Å²) >= 11 is 0. The predicted octanol–water partition coefficient (Wildman–Crippen LogP) is 3.98. The van der Waals surface area contributed by atoms with Crippen molar-refractivity contribution in [3.63, 3.8) is 0 Å². The lowest BCUT2D eigenvalue weighted by Gasteiger charge is -2.09. The Labute approximate surface area is 96.4 Å². The average Bonchev–Trinajstić information content (AvgIpc) is 2.19. The SMILES string of the molecule is Cc1ccc(-c2ccc(C)cc2O)c(C)c1. The van der Waals surface area contributed by atoms with Crippen LogP contribution in [0.25, 0.3) is 11.1 Å². The molecule has 2 aromatic carbocycles. The van der Waals surface area contributed by atoms with Gasteiger partial charge in [-0.05, 0) is 43.5 Å². The van der Waals surface area contributed by atoms with Crippen molar-refractivity contribution in [1.82, 2.24) is 0 Å². The van der Waals surface area contributed by atoms with E-state index >= 15 is 0 Å². The van der Waals surface area contributed by atoms with E-state index in [1.807, 2.05) is 19.1 Å². The normalized spacial score (nSPS) is 10.4. The summed E-state index contributed by atoms with van der Waals surface area (Å²) in [5, 5.41) is 9.94. The van der Waals surface area contributed by atoms with E-state index in [-0.39, 0.29) is 0 Å². The largest absolute Gasteiger partial charge is 0.507 e. The molecule has 1 heteroatoms. The zero-order valence-electron chi connectivity index (χ0n) is 9.91. The van der Waals surface area contributed by atoms with Crippen molar-refractivity contribution in [1.29, 1.82) is 0 Å². The molecule has 82 valence electrons. The van der Waals surface area contributed by atoms with Crippen LogP contribution in [0, 0.1) is 20.8 Å². The number of aryl methyl sites for hydroxylation is 3. The topological polar surface area (TPSA) is 20.2 Å². The zero-order valence-corrected chi connectivity index (χ0v) is 9.91. The van der Waals surface area contributed by atoms with Crippen LogP contribution in [0.4, 0.5) is 0 Å². The molecule has 0 aliphatic rings. The van der Waals surface area contributed by atoms with Crippen LogP contribution in [0.15, 0.2) is 36.4 Å². The van der Waals surface area contributed by atoms with Crippen molar-refractivity contribution >= 4 is 0 Å². The minimum absolute atomic E-state index is 0.354. The molecule has 0 radical (unpaired) electrons. The van der Waals surface area contributed by atoms with Gasteiger partial charge in [-0.2, -0.15) is 0 Å². The highest BCUT2D eigenvalue weighted by atomic mass is 16.3.